The summed E-state index contributed by atoms with van der Waals surface area (Å²) < 4.78 is 51.0. The molecule has 0 aliphatic rings. The number of halogens is 2. The van der Waals surface area contributed by atoms with Crippen LogP contribution in [0.4, 0.5) is 8.78 Å². The fraction of sp³-hybridized carbons (Fsp3) is 0.333. The average molecular weight is 250 g/mol. The summed E-state index contributed by atoms with van der Waals surface area (Å²) in [6, 6.07) is 1.87. The summed E-state index contributed by atoms with van der Waals surface area (Å²) in [6.07, 6.45) is 0. The van der Waals surface area contributed by atoms with Gasteiger partial charge in [-0.05, 0) is 19.1 Å². The lowest BCUT2D eigenvalue weighted by Gasteiger charge is -2.09. The van der Waals surface area contributed by atoms with Crippen molar-refractivity contribution in [1.29, 1.82) is 0 Å². The maximum absolute atomic E-state index is 13.2. The Morgan fingerprint density at radius 3 is 2.56 bits per heavy atom. The molecule has 0 aliphatic carbocycles. The van der Waals surface area contributed by atoms with Crippen LogP contribution in [0, 0.1) is 11.6 Å². The van der Waals surface area contributed by atoms with Gasteiger partial charge in [0.15, 0.2) is 0 Å². The fourth-order valence-corrected chi connectivity index (χ4v) is 2.21. The van der Waals surface area contributed by atoms with Crippen molar-refractivity contribution in [3.63, 3.8) is 0 Å². The summed E-state index contributed by atoms with van der Waals surface area (Å²) in [5, 5.41) is 0. The molecule has 1 aromatic carbocycles. The number of nitrogens with two attached hydrogens (primary N) is 1. The lowest BCUT2D eigenvalue weighted by molar-refractivity contribution is 0.540. The summed E-state index contributed by atoms with van der Waals surface area (Å²) in [6.45, 7) is 1.59. The molecule has 90 valence electrons. The minimum Gasteiger partial charge on any atom is -0.327 e. The highest BCUT2D eigenvalue weighted by Crippen LogP contribution is 2.14. The van der Waals surface area contributed by atoms with Gasteiger partial charge < -0.3 is 5.73 Å². The van der Waals surface area contributed by atoms with Crippen LogP contribution in [0.15, 0.2) is 23.1 Å². The summed E-state index contributed by atoms with van der Waals surface area (Å²) >= 11 is 0. The molecule has 0 spiro atoms. The second-order valence-electron chi connectivity index (χ2n) is 3.40. The average Bonchev–Trinajstić information content (AvgIpc) is 2.14. The van der Waals surface area contributed by atoms with Gasteiger partial charge in [-0.15, -0.1) is 0 Å². The molecule has 3 N–H and O–H groups in total. The van der Waals surface area contributed by atoms with Crippen LogP contribution in [0.2, 0.25) is 0 Å². The van der Waals surface area contributed by atoms with E-state index in [2.05, 4.69) is 4.72 Å². The quantitative estimate of drug-likeness (QED) is 0.821. The summed E-state index contributed by atoms with van der Waals surface area (Å²) in [5.41, 5.74) is 5.36. The van der Waals surface area contributed by atoms with Gasteiger partial charge in [0.05, 0.1) is 0 Å². The molecule has 0 aliphatic heterocycles. The maximum atomic E-state index is 13.2. The maximum Gasteiger partial charge on any atom is 0.243 e. The van der Waals surface area contributed by atoms with Gasteiger partial charge in [0.25, 0.3) is 0 Å². The molecule has 0 amide bonds. The molecule has 7 heteroatoms. The predicted molar refractivity (Wildman–Crippen MR) is 55.2 cm³/mol. The van der Waals surface area contributed by atoms with Gasteiger partial charge in [-0.3, -0.25) is 0 Å². The molecule has 1 rings (SSSR count). The zero-order valence-corrected chi connectivity index (χ0v) is 9.39. The molecule has 16 heavy (non-hydrogen) atoms. The third-order valence-corrected chi connectivity index (χ3v) is 3.24. The number of nitrogens with one attached hydrogen (secondary N) is 1. The van der Waals surface area contributed by atoms with Crippen molar-refractivity contribution in [2.45, 2.75) is 17.9 Å². The highest BCUT2D eigenvalue weighted by Gasteiger charge is 2.19. The van der Waals surface area contributed by atoms with Gasteiger partial charge in [0, 0.05) is 18.7 Å². The Hall–Kier alpha value is -1.05. The van der Waals surface area contributed by atoms with Crippen LogP contribution < -0.4 is 10.5 Å². The third-order valence-electron chi connectivity index (χ3n) is 1.78. The van der Waals surface area contributed by atoms with Crippen molar-refractivity contribution in [2.75, 3.05) is 6.54 Å². The van der Waals surface area contributed by atoms with Crippen molar-refractivity contribution in [2.24, 2.45) is 5.73 Å². The normalized spacial score (nSPS) is 13.8. The second kappa shape index (κ2) is 4.86. The first-order valence-corrected chi connectivity index (χ1v) is 6.01. The van der Waals surface area contributed by atoms with Crippen molar-refractivity contribution in [3.05, 3.63) is 29.8 Å². The number of hydrogen-bond donors (Lipinski definition) is 2. The monoisotopic (exact) mass is 250 g/mol. The second-order valence-corrected chi connectivity index (χ2v) is 5.14. The van der Waals surface area contributed by atoms with Crippen LogP contribution in [0.3, 0.4) is 0 Å². The summed E-state index contributed by atoms with van der Waals surface area (Å²) in [5.74, 6) is -1.96. The Kier molecular flexibility index (Phi) is 3.95. The van der Waals surface area contributed by atoms with Crippen LogP contribution in [0.25, 0.3) is 0 Å². The van der Waals surface area contributed by atoms with Gasteiger partial charge in [0.1, 0.15) is 16.5 Å². The first-order valence-electron chi connectivity index (χ1n) is 4.53. The van der Waals surface area contributed by atoms with Crippen molar-refractivity contribution < 1.29 is 17.2 Å². The van der Waals surface area contributed by atoms with Crippen LogP contribution in [0.1, 0.15) is 6.92 Å². The Morgan fingerprint density at radius 2 is 2.06 bits per heavy atom. The van der Waals surface area contributed by atoms with Gasteiger partial charge in [0.2, 0.25) is 10.0 Å². The van der Waals surface area contributed by atoms with Gasteiger partial charge in [-0.25, -0.2) is 21.9 Å². The molecule has 1 atom stereocenters. The van der Waals surface area contributed by atoms with E-state index in [9.17, 15) is 17.2 Å². The van der Waals surface area contributed by atoms with E-state index in [1.807, 2.05) is 0 Å². The van der Waals surface area contributed by atoms with Crippen LogP contribution in [0.5, 0.6) is 0 Å². The SMILES string of the molecule is CC(N)CNS(=O)(=O)c1ccc(F)cc1F. The highest BCUT2D eigenvalue weighted by atomic mass is 32.2. The molecule has 4 nitrogen and oxygen atoms in total. The van der Waals surface area contributed by atoms with E-state index in [0.717, 1.165) is 12.1 Å². The molecular formula is C9H12F2N2O2S. The van der Waals surface area contributed by atoms with E-state index in [-0.39, 0.29) is 6.54 Å². The van der Waals surface area contributed by atoms with Gasteiger partial charge >= 0.3 is 0 Å². The van der Waals surface area contributed by atoms with Gasteiger partial charge in [-0.1, -0.05) is 0 Å². The third kappa shape index (κ3) is 3.22. The molecule has 1 unspecified atom stereocenters. The number of benzene rings is 1. The molecule has 0 fully saturated rings. The standard InChI is InChI=1S/C9H12F2N2O2S/c1-6(12)5-13-16(14,15)9-3-2-7(10)4-8(9)11/h2-4,6,13H,5,12H2,1H3. The first-order chi connectivity index (χ1) is 7.33. The van der Waals surface area contributed by atoms with Crippen molar-refractivity contribution in [3.8, 4) is 0 Å². The lowest BCUT2D eigenvalue weighted by Crippen LogP contribution is -2.35. The zero-order chi connectivity index (χ0) is 12.3. The Labute approximate surface area is 92.5 Å². The van der Waals surface area contributed by atoms with Gasteiger partial charge in [-0.2, -0.15) is 0 Å². The molecular weight excluding hydrogens is 238 g/mol. The van der Waals surface area contributed by atoms with Crippen molar-refractivity contribution >= 4 is 10.0 Å². The lowest BCUT2D eigenvalue weighted by atomic mass is 10.3. The predicted octanol–water partition coefficient (Wildman–Crippen LogP) is 0.590. The van der Waals surface area contributed by atoms with E-state index in [0.29, 0.717) is 6.07 Å². The van der Waals surface area contributed by atoms with Crippen molar-refractivity contribution in [1.82, 2.24) is 4.72 Å². The zero-order valence-electron chi connectivity index (χ0n) is 8.57. The number of hydrogen-bond acceptors (Lipinski definition) is 3. The minimum absolute atomic E-state index is 0.0147. The van der Waals surface area contributed by atoms with Crippen LogP contribution >= 0.6 is 0 Å². The molecule has 0 bridgehead atoms. The smallest absolute Gasteiger partial charge is 0.243 e. The summed E-state index contributed by atoms with van der Waals surface area (Å²) in [7, 11) is -3.97. The molecule has 0 saturated carbocycles. The molecule has 0 heterocycles. The number of rotatable bonds is 4. The number of sulfonamides is 1. The molecule has 0 aromatic heterocycles. The highest BCUT2D eigenvalue weighted by molar-refractivity contribution is 7.89. The van der Waals surface area contributed by atoms with E-state index in [1.54, 1.807) is 6.92 Å². The molecule has 0 radical (unpaired) electrons. The van der Waals surface area contributed by atoms with Crippen LogP contribution in [-0.2, 0) is 10.0 Å². The fourth-order valence-electron chi connectivity index (χ4n) is 1.01. The van der Waals surface area contributed by atoms with E-state index >= 15 is 0 Å². The first kappa shape index (κ1) is 13.0. The Morgan fingerprint density at radius 1 is 1.44 bits per heavy atom. The van der Waals surface area contributed by atoms with E-state index < -0.39 is 32.6 Å². The summed E-state index contributed by atoms with van der Waals surface area (Å²) in [4.78, 5) is -0.588. The molecule has 1 aromatic rings. The Bertz CT molecular complexity index is 474. The largest absolute Gasteiger partial charge is 0.327 e. The minimum atomic E-state index is -3.97. The molecule has 0 saturated heterocycles. The van der Waals surface area contributed by atoms with Crippen LogP contribution in [-0.4, -0.2) is 21.0 Å². The van der Waals surface area contributed by atoms with E-state index in [1.165, 1.54) is 0 Å². The Balaban J connectivity index is 2.99. The van der Waals surface area contributed by atoms with E-state index in [4.69, 9.17) is 5.73 Å². The topological polar surface area (TPSA) is 72.2 Å².